The summed E-state index contributed by atoms with van der Waals surface area (Å²) < 4.78 is 10.8. The molecule has 96 valence electrons. The molecule has 3 atom stereocenters. The third-order valence-corrected chi connectivity index (χ3v) is 3.49. The van der Waals surface area contributed by atoms with E-state index < -0.39 is 0 Å². The summed E-state index contributed by atoms with van der Waals surface area (Å²) in [6.07, 6.45) is 2.52. The van der Waals surface area contributed by atoms with Crippen molar-refractivity contribution >= 4 is 0 Å². The Bertz CT molecular complexity index is 356. The summed E-state index contributed by atoms with van der Waals surface area (Å²) in [5, 5.41) is 7.66. The normalized spacial score (nSPS) is 27.1. The Morgan fingerprint density at radius 3 is 2.76 bits per heavy atom. The molecule has 4 nitrogen and oxygen atoms in total. The fourth-order valence-corrected chi connectivity index (χ4v) is 2.69. The van der Waals surface area contributed by atoms with Crippen molar-refractivity contribution in [2.24, 2.45) is 0 Å². The molecule has 0 amide bonds. The van der Waals surface area contributed by atoms with E-state index in [-0.39, 0.29) is 6.04 Å². The number of hydrogen-bond donors (Lipinski definition) is 1. The van der Waals surface area contributed by atoms with Crippen LogP contribution in [0.2, 0.25) is 0 Å². The van der Waals surface area contributed by atoms with Gasteiger partial charge in [-0.3, -0.25) is 0 Å². The maximum atomic E-state index is 5.56. The van der Waals surface area contributed by atoms with E-state index in [2.05, 4.69) is 24.3 Å². The lowest BCUT2D eigenvalue weighted by Crippen LogP contribution is -2.39. The molecule has 0 aliphatic carbocycles. The van der Waals surface area contributed by atoms with Crippen LogP contribution in [-0.2, 0) is 4.74 Å². The van der Waals surface area contributed by atoms with Gasteiger partial charge in [0.15, 0.2) is 0 Å². The van der Waals surface area contributed by atoms with Crippen LogP contribution in [0.25, 0.3) is 0 Å². The Labute approximate surface area is 103 Å². The zero-order valence-electron chi connectivity index (χ0n) is 11.1. The number of nitrogens with zero attached hydrogens (tertiary/aromatic N) is 1. The van der Waals surface area contributed by atoms with Crippen LogP contribution in [0.3, 0.4) is 0 Å². The van der Waals surface area contributed by atoms with Crippen LogP contribution >= 0.6 is 0 Å². The molecule has 1 fully saturated rings. The summed E-state index contributed by atoms with van der Waals surface area (Å²) in [5.41, 5.74) is 2.19. The van der Waals surface area contributed by atoms with Gasteiger partial charge in [-0.05, 0) is 40.5 Å². The first-order chi connectivity index (χ1) is 8.08. The maximum absolute atomic E-state index is 5.56. The monoisotopic (exact) mass is 238 g/mol. The lowest BCUT2D eigenvalue weighted by Gasteiger charge is -2.30. The van der Waals surface area contributed by atoms with Crippen molar-refractivity contribution in [2.75, 3.05) is 6.61 Å². The average molecular weight is 238 g/mol. The summed E-state index contributed by atoms with van der Waals surface area (Å²) in [6, 6.07) is 0.819. The molecule has 2 rings (SSSR count). The quantitative estimate of drug-likeness (QED) is 0.879. The number of aromatic nitrogens is 1. The summed E-state index contributed by atoms with van der Waals surface area (Å²) in [7, 11) is 0. The maximum Gasteiger partial charge on any atom is 0.138 e. The predicted octanol–water partition coefficient (Wildman–Crippen LogP) is 2.51. The van der Waals surface area contributed by atoms with E-state index in [1.807, 2.05) is 13.8 Å². The first kappa shape index (κ1) is 12.6. The van der Waals surface area contributed by atoms with Gasteiger partial charge in [-0.15, -0.1) is 0 Å². The first-order valence-electron chi connectivity index (χ1n) is 6.38. The number of hydrogen-bond acceptors (Lipinski definition) is 4. The van der Waals surface area contributed by atoms with Crippen molar-refractivity contribution in [2.45, 2.75) is 58.7 Å². The molecule has 1 aromatic heterocycles. The fraction of sp³-hybridized carbons (Fsp3) is 0.769. The number of nitrogens with one attached hydrogen (secondary N) is 1. The van der Waals surface area contributed by atoms with E-state index in [4.69, 9.17) is 9.26 Å². The molecular weight excluding hydrogens is 216 g/mol. The van der Waals surface area contributed by atoms with Gasteiger partial charge in [-0.2, -0.15) is 0 Å². The van der Waals surface area contributed by atoms with Crippen LogP contribution in [0.4, 0.5) is 0 Å². The fourth-order valence-electron chi connectivity index (χ4n) is 2.69. The van der Waals surface area contributed by atoms with Crippen LogP contribution in [0, 0.1) is 13.8 Å². The van der Waals surface area contributed by atoms with Crippen LogP contribution in [-0.4, -0.2) is 23.9 Å². The average Bonchev–Trinajstić information content (AvgIpc) is 2.58. The molecule has 17 heavy (non-hydrogen) atoms. The molecule has 1 aliphatic rings. The molecule has 0 aromatic carbocycles. The molecule has 1 aromatic rings. The molecule has 0 radical (unpaired) electrons. The minimum Gasteiger partial charge on any atom is -0.378 e. The van der Waals surface area contributed by atoms with Gasteiger partial charge in [0.2, 0.25) is 0 Å². The Balaban J connectivity index is 1.99. The van der Waals surface area contributed by atoms with Crippen LogP contribution in [0.15, 0.2) is 4.52 Å². The van der Waals surface area contributed by atoms with E-state index in [1.165, 1.54) is 5.56 Å². The first-order valence-corrected chi connectivity index (χ1v) is 6.38. The van der Waals surface area contributed by atoms with Gasteiger partial charge >= 0.3 is 0 Å². The van der Waals surface area contributed by atoms with Crippen LogP contribution in [0.1, 0.15) is 49.7 Å². The van der Waals surface area contributed by atoms with Crippen molar-refractivity contribution in [3.63, 3.8) is 0 Å². The number of aryl methyl sites for hydroxylation is 2. The molecule has 1 saturated heterocycles. The summed E-state index contributed by atoms with van der Waals surface area (Å²) in [5.74, 6) is 0.919. The molecule has 0 bridgehead atoms. The third kappa shape index (κ3) is 2.87. The van der Waals surface area contributed by atoms with Gasteiger partial charge in [0, 0.05) is 24.3 Å². The largest absolute Gasteiger partial charge is 0.378 e. The third-order valence-electron chi connectivity index (χ3n) is 3.49. The smallest absolute Gasteiger partial charge is 0.138 e. The Morgan fingerprint density at radius 1 is 1.41 bits per heavy atom. The van der Waals surface area contributed by atoms with E-state index in [0.29, 0.717) is 12.1 Å². The standard InChI is InChI=1S/C13H22N2O2/c1-8-7-12(5-6-16-8)14-9(2)13-10(3)15-17-11(13)4/h8-9,12,14H,5-7H2,1-4H3. The highest BCUT2D eigenvalue weighted by Gasteiger charge is 2.23. The highest BCUT2D eigenvalue weighted by Crippen LogP contribution is 2.23. The Kier molecular flexibility index (Phi) is 3.84. The van der Waals surface area contributed by atoms with Crippen molar-refractivity contribution in [3.8, 4) is 0 Å². The summed E-state index contributed by atoms with van der Waals surface area (Å²) in [4.78, 5) is 0. The molecule has 2 heterocycles. The lowest BCUT2D eigenvalue weighted by molar-refractivity contribution is 0.0115. The summed E-state index contributed by atoms with van der Waals surface area (Å²) >= 11 is 0. The van der Waals surface area contributed by atoms with Gasteiger partial charge < -0.3 is 14.6 Å². The zero-order valence-corrected chi connectivity index (χ0v) is 11.1. The van der Waals surface area contributed by atoms with Gasteiger partial charge in [0.25, 0.3) is 0 Å². The SMILES string of the molecule is Cc1noc(C)c1C(C)NC1CCOC(C)C1. The van der Waals surface area contributed by atoms with Crippen molar-refractivity contribution in [3.05, 3.63) is 17.0 Å². The molecule has 1 N–H and O–H groups in total. The molecular formula is C13H22N2O2. The van der Waals surface area contributed by atoms with Gasteiger partial charge in [0.05, 0.1) is 11.8 Å². The topological polar surface area (TPSA) is 47.3 Å². The molecule has 3 unspecified atom stereocenters. The van der Waals surface area contributed by atoms with Gasteiger partial charge in [-0.1, -0.05) is 5.16 Å². The predicted molar refractivity (Wildman–Crippen MR) is 66.0 cm³/mol. The van der Waals surface area contributed by atoms with E-state index >= 15 is 0 Å². The Hall–Kier alpha value is -0.870. The highest BCUT2D eigenvalue weighted by atomic mass is 16.5. The second-order valence-electron chi connectivity index (χ2n) is 5.03. The van der Waals surface area contributed by atoms with Crippen molar-refractivity contribution in [1.82, 2.24) is 10.5 Å². The molecule has 0 spiro atoms. The number of rotatable bonds is 3. The van der Waals surface area contributed by atoms with Crippen molar-refractivity contribution < 1.29 is 9.26 Å². The zero-order chi connectivity index (χ0) is 12.4. The van der Waals surface area contributed by atoms with E-state index in [1.54, 1.807) is 0 Å². The second-order valence-corrected chi connectivity index (χ2v) is 5.03. The Morgan fingerprint density at radius 2 is 2.18 bits per heavy atom. The van der Waals surface area contributed by atoms with Crippen molar-refractivity contribution in [1.29, 1.82) is 0 Å². The minimum absolute atomic E-state index is 0.288. The lowest BCUT2D eigenvalue weighted by atomic mass is 10.0. The van der Waals surface area contributed by atoms with E-state index in [0.717, 1.165) is 30.9 Å². The van der Waals surface area contributed by atoms with Crippen LogP contribution < -0.4 is 5.32 Å². The van der Waals surface area contributed by atoms with Gasteiger partial charge in [-0.25, -0.2) is 0 Å². The molecule has 0 saturated carbocycles. The highest BCUT2D eigenvalue weighted by molar-refractivity contribution is 5.24. The second kappa shape index (κ2) is 5.19. The molecule has 1 aliphatic heterocycles. The summed E-state index contributed by atoms with van der Waals surface area (Å²) in [6.45, 7) is 9.13. The van der Waals surface area contributed by atoms with Gasteiger partial charge in [0.1, 0.15) is 5.76 Å². The minimum atomic E-state index is 0.288. The number of ether oxygens (including phenoxy) is 1. The van der Waals surface area contributed by atoms with E-state index in [9.17, 15) is 0 Å². The molecule has 4 heteroatoms. The van der Waals surface area contributed by atoms with Crippen LogP contribution in [0.5, 0.6) is 0 Å².